The molecule has 2 aliphatic rings. The first-order valence-electron chi connectivity index (χ1n) is 13.0. The molecule has 0 bridgehead atoms. The Morgan fingerprint density at radius 1 is 1.05 bits per heavy atom. The number of carbonyl (C=O) groups excluding carboxylic acids is 2. The van der Waals surface area contributed by atoms with Crippen molar-refractivity contribution in [3.8, 4) is 17.5 Å². The molecule has 2 saturated heterocycles. The number of imide groups is 1. The van der Waals surface area contributed by atoms with Gasteiger partial charge in [0, 0.05) is 44.9 Å². The van der Waals surface area contributed by atoms with Crippen LogP contribution >= 0.6 is 11.8 Å². The molecule has 10 nitrogen and oxygen atoms in total. The van der Waals surface area contributed by atoms with Crippen LogP contribution in [0.1, 0.15) is 43.4 Å². The minimum Gasteiger partial charge on any atom is -0.474 e. The number of aryl methyl sites for hydroxylation is 1. The molecule has 2 aliphatic heterocycles. The molecule has 2 fully saturated rings. The average molecular weight is 547 g/mol. The van der Waals surface area contributed by atoms with Crippen LogP contribution in [0.5, 0.6) is 17.5 Å². The number of carbonyl (C=O) groups is 2. The number of ether oxygens (including phenoxy) is 2. The number of nitrogens with zero attached hydrogens (tertiary/aromatic N) is 6. The molecular formula is C28H30N6O4S. The van der Waals surface area contributed by atoms with E-state index in [2.05, 4.69) is 31.8 Å². The Labute approximate surface area is 231 Å². The highest BCUT2D eigenvalue weighted by Gasteiger charge is 2.33. The van der Waals surface area contributed by atoms with Gasteiger partial charge in [-0.3, -0.25) is 14.5 Å². The summed E-state index contributed by atoms with van der Waals surface area (Å²) in [6, 6.07) is 7.28. The van der Waals surface area contributed by atoms with E-state index < -0.39 is 0 Å². The number of thioether (sulfide) groups is 1. The van der Waals surface area contributed by atoms with Gasteiger partial charge in [0.25, 0.3) is 11.1 Å². The zero-order valence-corrected chi connectivity index (χ0v) is 23.0. The lowest BCUT2D eigenvalue weighted by atomic mass is 10.1. The number of anilines is 1. The Morgan fingerprint density at radius 3 is 2.49 bits per heavy atom. The van der Waals surface area contributed by atoms with E-state index >= 15 is 0 Å². The third kappa shape index (κ3) is 6.03. The van der Waals surface area contributed by atoms with Gasteiger partial charge in [0.05, 0.1) is 10.5 Å². The Morgan fingerprint density at radius 2 is 1.79 bits per heavy atom. The van der Waals surface area contributed by atoms with Crippen molar-refractivity contribution < 1.29 is 19.1 Å². The van der Waals surface area contributed by atoms with Crippen molar-refractivity contribution in [3.05, 3.63) is 64.6 Å². The lowest BCUT2D eigenvalue weighted by Crippen LogP contribution is -2.39. The number of hydrogen-bond donors (Lipinski definition) is 0. The summed E-state index contributed by atoms with van der Waals surface area (Å²) in [7, 11) is 0. The summed E-state index contributed by atoms with van der Waals surface area (Å²) < 4.78 is 12.3. The topological polar surface area (TPSA) is 111 Å². The van der Waals surface area contributed by atoms with Gasteiger partial charge in [-0.1, -0.05) is 19.1 Å². The van der Waals surface area contributed by atoms with Crippen molar-refractivity contribution >= 4 is 34.9 Å². The first-order chi connectivity index (χ1) is 18.9. The van der Waals surface area contributed by atoms with Gasteiger partial charge >= 0.3 is 0 Å². The van der Waals surface area contributed by atoms with Gasteiger partial charge in [-0.25, -0.2) is 19.9 Å². The zero-order chi connectivity index (χ0) is 27.4. The van der Waals surface area contributed by atoms with E-state index in [4.69, 9.17) is 9.47 Å². The number of likely N-dealkylation sites (N-methyl/N-ethyl adjacent to an activating group) is 1. The van der Waals surface area contributed by atoms with Gasteiger partial charge < -0.3 is 14.4 Å². The van der Waals surface area contributed by atoms with Crippen LogP contribution in [0.4, 0.5) is 10.7 Å². The summed E-state index contributed by atoms with van der Waals surface area (Å²) in [4.78, 5) is 45.9. The van der Waals surface area contributed by atoms with E-state index in [1.54, 1.807) is 19.1 Å². The predicted molar refractivity (Wildman–Crippen MR) is 149 cm³/mol. The van der Waals surface area contributed by atoms with Crippen LogP contribution in [0.3, 0.4) is 0 Å². The predicted octanol–water partition coefficient (Wildman–Crippen LogP) is 5.03. The lowest BCUT2D eigenvalue weighted by Gasteiger charge is -2.32. The standard InChI is InChI=1S/C28H30N6O4S/c1-4-19-15-29-27(30-16-19)33-11-9-21(10-12-33)37-24-18(3)25(32-17-31-24)38-22-8-6-7-20(13-22)14-23-26(35)34(5-2)28(36)39-23/h6-8,13-17,21H,4-5,9-12H2,1-3H3. The maximum Gasteiger partial charge on any atom is 0.293 e. The summed E-state index contributed by atoms with van der Waals surface area (Å²) >= 11 is 0.943. The van der Waals surface area contributed by atoms with E-state index in [-0.39, 0.29) is 17.3 Å². The van der Waals surface area contributed by atoms with Gasteiger partial charge in [-0.05, 0) is 61.4 Å². The third-order valence-corrected chi connectivity index (χ3v) is 7.56. The van der Waals surface area contributed by atoms with E-state index in [0.29, 0.717) is 34.5 Å². The molecule has 0 atom stereocenters. The molecule has 3 aromatic rings. The molecule has 0 radical (unpaired) electrons. The minimum atomic E-state index is -0.278. The van der Waals surface area contributed by atoms with Gasteiger partial charge in [0.15, 0.2) is 0 Å². The number of aromatic nitrogens is 4. The SMILES string of the molecule is CCc1cnc(N2CCC(Oc3ncnc(Oc4cccc(C=C5SC(=O)N(CC)C5=O)c4)c3C)CC2)nc1. The van der Waals surface area contributed by atoms with Gasteiger partial charge in [0.2, 0.25) is 17.7 Å². The van der Waals surface area contributed by atoms with Gasteiger partial charge in [0.1, 0.15) is 18.2 Å². The van der Waals surface area contributed by atoms with Crippen LogP contribution in [-0.2, 0) is 11.2 Å². The molecule has 0 aliphatic carbocycles. The lowest BCUT2D eigenvalue weighted by molar-refractivity contribution is -0.122. The number of rotatable bonds is 8. The molecule has 39 heavy (non-hydrogen) atoms. The normalized spacial score (nSPS) is 17.3. The van der Waals surface area contributed by atoms with Crippen molar-refractivity contribution in [1.29, 1.82) is 0 Å². The van der Waals surface area contributed by atoms with E-state index in [9.17, 15) is 9.59 Å². The minimum absolute atomic E-state index is 0.0133. The molecule has 11 heteroatoms. The summed E-state index contributed by atoms with van der Waals surface area (Å²) in [5.74, 6) is 1.91. The molecule has 202 valence electrons. The Balaban J connectivity index is 1.22. The molecule has 0 unspecified atom stereocenters. The average Bonchev–Trinajstić information content (AvgIpc) is 3.23. The molecule has 2 aromatic heterocycles. The first kappa shape index (κ1) is 26.6. The molecule has 1 aromatic carbocycles. The maximum absolute atomic E-state index is 12.4. The molecule has 5 rings (SSSR count). The van der Waals surface area contributed by atoms with Crippen molar-refractivity contribution in [2.45, 2.75) is 46.1 Å². The number of hydrogen-bond acceptors (Lipinski definition) is 10. The monoisotopic (exact) mass is 546 g/mol. The van der Waals surface area contributed by atoms with Crippen LogP contribution < -0.4 is 14.4 Å². The molecule has 4 heterocycles. The van der Waals surface area contributed by atoms with Gasteiger partial charge in [-0.15, -0.1) is 0 Å². The van der Waals surface area contributed by atoms with Crippen molar-refractivity contribution in [2.24, 2.45) is 0 Å². The van der Waals surface area contributed by atoms with E-state index in [0.717, 1.165) is 61.2 Å². The van der Waals surface area contributed by atoms with Crippen LogP contribution in [0, 0.1) is 6.92 Å². The van der Waals surface area contributed by atoms with Crippen molar-refractivity contribution in [3.63, 3.8) is 0 Å². The second-order valence-electron chi connectivity index (χ2n) is 9.26. The Hall–Kier alpha value is -3.99. The molecule has 0 spiro atoms. The third-order valence-electron chi connectivity index (χ3n) is 6.65. The fourth-order valence-corrected chi connectivity index (χ4v) is 5.27. The summed E-state index contributed by atoms with van der Waals surface area (Å²) in [6.07, 6.45) is 9.48. The van der Waals surface area contributed by atoms with Crippen LogP contribution in [-0.4, -0.2) is 61.7 Å². The van der Waals surface area contributed by atoms with E-state index in [1.807, 2.05) is 37.5 Å². The van der Waals surface area contributed by atoms with E-state index in [1.165, 1.54) is 11.2 Å². The number of benzene rings is 1. The second-order valence-corrected chi connectivity index (χ2v) is 10.3. The summed E-state index contributed by atoms with van der Waals surface area (Å²) in [5.41, 5.74) is 2.57. The highest BCUT2D eigenvalue weighted by Crippen LogP contribution is 2.33. The van der Waals surface area contributed by atoms with Gasteiger partial charge in [-0.2, -0.15) is 0 Å². The summed E-state index contributed by atoms with van der Waals surface area (Å²) in [6.45, 7) is 7.69. The van der Waals surface area contributed by atoms with Crippen LogP contribution in [0.25, 0.3) is 6.08 Å². The number of piperidine rings is 1. The quantitative estimate of drug-likeness (QED) is 0.357. The Bertz CT molecular complexity index is 1390. The molecular weight excluding hydrogens is 516 g/mol. The second kappa shape index (κ2) is 11.8. The fraction of sp³-hybridized carbons (Fsp3) is 0.357. The maximum atomic E-state index is 12.4. The molecule has 0 N–H and O–H groups in total. The van der Waals surface area contributed by atoms with Crippen molar-refractivity contribution in [1.82, 2.24) is 24.8 Å². The Kier molecular flexibility index (Phi) is 8.06. The number of amides is 2. The highest BCUT2D eigenvalue weighted by atomic mass is 32.2. The highest BCUT2D eigenvalue weighted by molar-refractivity contribution is 8.18. The smallest absolute Gasteiger partial charge is 0.293 e. The van der Waals surface area contributed by atoms with Crippen LogP contribution in [0.15, 0.2) is 47.9 Å². The zero-order valence-electron chi connectivity index (χ0n) is 22.2. The molecule has 2 amide bonds. The van der Waals surface area contributed by atoms with Crippen LogP contribution in [0.2, 0.25) is 0 Å². The first-order valence-corrected chi connectivity index (χ1v) is 13.8. The largest absolute Gasteiger partial charge is 0.474 e. The van der Waals surface area contributed by atoms with Crippen molar-refractivity contribution in [2.75, 3.05) is 24.5 Å². The summed E-state index contributed by atoms with van der Waals surface area (Å²) in [5, 5.41) is -0.255. The fourth-order valence-electron chi connectivity index (χ4n) is 4.37. The molecule has 0 saturated carbocycles.